The van der Waals surface area contributed by atoms with Gasteiger partial charge in [-0.05, 0) is 50.6 Å². The minimum absolute atomic E-state index is 0.00777. The summed E-state index contributed by atoms with van der Waals surface area (Å²) in [6.07, 6.45) is 9.29. The van der Waals surface area contributed by atoms with Crippen molar-refractivity contribution in [2.75, 3.05) is 26.2 Å². The van der Waals surface area contributed by atoms with E-state index >= 15 is 0 Å². The number of aryl methyl sites for hydroxylation is 1. The van der Waals surface area contributed by atoms with Gasteiger partial charge in [0.2, 0.25) is 0 Å². The summed E-state index contributed by atoms with van der Waals surface area (Å²) >= 11 is 0. The van der Waals surface area contributed by atoms with Crippen molar-refractivity contribution in [1.82, 2.24) is 10.2 Å². The van der Waals surface area contributed by atoms with Gasteiger partial charge in [-0.25, -0.2) is 0 Å². The highest BCUT2D eigenvalue weighted by molar-refractivity contribution is 5.93. The number of hydrogen-bond acceptors (Lipinski definition) is 4. The monoisotopic (exact) mass is 409 g/mol. The first kappa shape index (κ1) is 20.8. The van der Waals surface area contributed by atoms with Crippen LogP contribution in [0.4, 0.5) is 0 Å². The van der Waals surface area contributed by atoms with Crippen LogP contribution in [-0.4, -0.2) is 48.7 Å². The van der Waals surface area contributed by atoms with E-state index in [0.717, 1.165) is 51.7 Å². The topological polar surface area (TPSA) is 68.5 Å². The van der Waals surface area contributed by atoms with E-state index in [2.05, 4.69) is 40.5 Å². The van der Waals surface area contributed by atoms with Gasteiger partial charge in [0, 0.05) is 31.8 Å². The molecule has 2 fully saturated rings. The fourth-order valence-electron chi connectivity index (χ4n) is 4.62. The molecule has 3 heterocycles. The quantitative estimate of drug-likeness (QED) is 0.564. The predicted molar refractivity (Wildman–Crippen MR) is 115 cm³/mol. The van der Waals surface area contributed by atoms with Crippen LogP contribution in [0.1, 0.15) is 48.0 Å². The zero-order chi connectivity index (χ0) is 20.8. The highest BCUT2D eigenvalue weighted by atomic mass is 16.5. The normalized spacial score (nSPS) is 21.0. The van der Waals surface area contributed by atoms with Gasteiger partial charge in [-0.15, -0.1) is 0 Å². The van der Waals surface area contributed by atoms with E-state index in [1.54, 1.807) is 0 Å². The molecule has 0 aliphatic carbocycles. The molecule has 1 unspecified atom stereocenters. The Morgan fingerprint density at radius 1 is 1.13 bits per heavy atom. The number of nitrogens with zero attached hydrogens (tertiary/aromatic N) is 2. The zero-order valence-corrected chi connectivity index (χ0v) is 17.5. The Labute approximate surface area is 178 Å². The van der Waals surface area contributed by atoms with Crippen LogP contribution in [0.25, 0.3) is 0 Å². The number of aromatic nitrogens is 1. The van der Waals surface area contributed by atoms with E-state index in [4.69, 9.17) is 4.74 Å². The molecule has 1 spiro atoms. The van der Waals surface area contributed by atoms with Crippen molar-refractivity contribution in [1.29, 1.82) is 0 Å². The number of amides is 1. The van der Waals surface area contributed by atoms with Crippen molar-refractivity contribution in [3.63, 3.8) is 0 Å². The average molecular weight is 410 g/mol. The highest BCUT2D eigenvalue weighted by Gasteiger charge is 2.42. The first-order valence-electron chi connectivity index (χ1n) is 11.0. The number of benzene rings is 1. The molecule has 1 atom stereocenters. The molecule has 4 rings (SSSR count). The van der Waals surface area contributed by atoms with Crippen LogP contribution >= 0.6 is 0 Å². The Balaban J connectivity index is 1.16. The number of nitrogens with one attached hydrogen (secondary N) is 1. The van der Waals surface area contributed by atoms with Crippen molar-refractivity contribution in [2.45, 2.75) is 50.2 Å². The van der Waals surface area contributed by atoms with Gasteiger partial charge in [0.05, 0.1) is 17.3 Å². The second-order valence-electron chi connectivity index (χ2n) is 8.55. The minimum atomic E-state index is -0.159. The summed E-state index contributed by atoms with van der Waals surface area (Å²) in [7, 11) is 0. The van der Waals surface area contributed by atoms with Gasteiger partial charge in [-0.2, -0.15) is 4.73 Å². The third-order valence-electron chi connectivity index (χ3n) is 6.44. The van der Waals surface area contributed by atoms with E-state index in [0.29, 0.717) is 16.8 Å². The summed E-state index contributed by atoms with van der Waals surface area (Å²) in [5.41, 5.74) is 1.91. The molecule has 6 heteroatoms. The second-order valence-corrected chi connectivity index (χ2v) is 8.55. The molecular weight excluding hydrogens is 378 g/mol. The first-order chi connectivity index (χ1) is 14.6. The maximum Gasteiger partial charge on any atom is 0.251 e. The van der Waals surface area contributed by atoms with E-state index < -0.39 is 0 Å². The first-order valence-corrected chi connectivity index (χ1v) is 11.0. The standard InChI is InChI=1S/C24H31N3O3/c28-23(21-9-15-27(29)16-10-21)25-19-22-8-11-24(30-22)12-17-26(18-13-24)14-4-7-20-5-2-1-3-6-20/h1-3,5-6,9-10,15-16,22H,4,7-8,11-14,17-19H2,(H,25,28). The van der Waals surface area contributed by atoms with Gasteiger partial charge in [-0.3, -0.25) is 4.79 Å². The fourth-order valence-corrected chi connectivity index (χ4v) is 4.62. The van der Waals surface area contributed by atoms with Crippen molar-refractivity contribution in [2.24, 2.45) is 0 Å². The van der Waals surface area contributed by atoms with Crippen LogP contribution in [0, 0.1) is 5.21 Å². The summed E-state index contributed by atoms with van der Waals surface area (Å²) in [6.45, 7) is 3.85. The molecule has 2 aliphatic rings. The highest BCUT2D eigenvalue weighted by Crippen LogP contribution is 2.38. The van der Waals surface area contributed by atoms with Gasteiger partial charge < -0.3 is 20.2 Å². The van der Waals surface area contributed by atoms with Crippen LogP contribution in [0.5, 0.6) is 0 Å². The zero-order valence-electron chi connectivity index (χ0n) is 17.5. The number of hydrogen-bond donors (Lipinski definition) is 1. The Morgan fingerprint density at radius 3 is 2.60 bits per heavy atom. The second kappa shape index (κ2) is 9.58. The molecule has 2 aromatic rings. The Kier molecular flexibility index (Phi) is 6.65. The van der Waals surface area contributed by atoms with Crippen molar-refractivity contribution in [3.8, 4) is 0 Å². The third-order valence-corrected chi connectivity index (χ3v) is 6.44. The number of rotatable bonds is 7. The number of carbonyl (C=O) groups is 1. The molecule has 1 aromatic heterocycles. The maximum absolute atomic E-state index is 12.2. The Bertz CT molecular complexity index is 817. The molecule has 0 saturated carbocycles. The fraction of sp³-hybridized carbons (Fsp3) is 0.500. The number of carbonyl (C=O) groups excluding carboxylic acids is 1. The summed E-state index contributed by atoms with van der Waals surface area (Å²) in [4.78, 5) is 14.8. The number of pyridine rings is 1. The number of piperidine rings is 1. The van der Waals surface area contributed by atoms with Gasteiger partial charge in [-0.1, -0.05) is 30.3 Å². The van der Waals surface area contributed by atoms with Gasteiger partial charge >= 0.3 is 0 Å². The molecule has 30 heavy (non-hydrogen) atoms. The van der Waals surface area contributed by atoms with Crippen molar-refractivity contribution >= 4 is 5.91 Å². The van der Waals surface area contributed by atoms with Crippen LogP contribution in [0.3, 0.4) is 0 Å². The SMILES string of the molecule is O=C(NCC1CCC2(CCN(CCCc3ccccc3)CC2)O1)c1cc[n+]([O-])cc1. The average Bonchev–Trinajstić information content (AvgIpc) is 3.17. The largest absolute Gasteiger partial charge is 0.619 e. The van der Waals surface area contributed by atoms with Crippen molar-refractivity contribution in [3.05, 3.63) is 71.2 Å². The predicted octanol–water partition coefficient (Wildman–Crippen LogP) is 2.70. The molecule has 6 nitrogen and oxygen atoms in total. The maximum atomic E-state index is 12.2. The van der Waals surface area contributed by atoms with E-state index in [1.165, 1.54) is 36.5 Å². The van der Waals surface area contributed by atoms with Crippen LogP contribution in [0.15, 0.2) is 54.9 Å². The van der Waals surface area contributed by atoms with Crippen LogP contribution < -0.4 is 10.0 Å². The lowest BCUT2D eigenvalue weighted by Gasteiger charge is -2.39. The molecule has 2 saturated heterocycles. The summed E-state index contributed by atoms with van der Waals surface area (Å²) in [6, 6.07) is 13.8. The molecular formula is C24H31N3O3. The molecule has 0 radical (unpaired) electrons. The molecule has 0 bridgehead atoms. The van der Waals surface area contributed by atoms with Gasteiger partial charge in [0.25, 0.3) is 5.91 Å². The molecule has 1 aromatic carbocycles. The summed E-state index contributed by atoms with van der Waals surface area (Å²) in [5.74, 6) is -0.159. The minimum Gasteiger partial charge on any atom is -0.619 e. The van der Waals surface area contributed by atoms with Crippen molar-refractivity contribution < 1.29 is 14.3 Å². The lowest BCUT2D eigenvalue weighted by atomic mass is 9.88. The summed E-state index contributed by atoms with van der Waals surface area (Å²) < 4.78 is 7.10. The van der Waals surface area contributed by atoms with Crippen LogP contribution in [0.2, 0.25) is 0 Å². The number of ether oxygens (including phenoxy) is 1. The lowest BCUT2D eigenvalue weighted by Crippen LogP contribution is -2.45. The third kappa shape index (κ3) is 5.37. The molecule has 1 N–H and O–H groups in total. The molecule has 1 amide bonds. The summed E-state index contributed by atoms with van der Waals surface area (Å²) in [5, 5.41) is 14.0. The molecule has 160 valence electrons. The Morgan fingerprint density at radius 2 is 1.87 bits per heavy atom. The van der Waals surface area contributed by atoms with E-state index in [-0.39, 0.29) is 17.6 Å². The number of likely N-dealkylation sites (tertiary alicyclic amines) is 1. The smallest absolute Gasteiger partial charge is 0.251 e. The van der Waals surface area contributed by atoms with Gasteiger partial charge in [0.1, 0.15) is 0 Å². The lowest BCUT2D eigenvalue weighted by molar-refractivity contribution is -0.605. The molecule has 2 aliphatic heterocycles. The van der Waals surface area contributed by atoms with Gasteiger partial charge in [0.15, 0.2) is 12.4 Å². The van der Waals surface area contributed by atoms with Crippen LogP contribution in [-0.2, 0) is 11.2 Å². The Hall–Kier alpha value is -2.44. The van der Waals surface area contributed by atoms with E-state index in [1.807, 2.05) is 0 Å². The van der Waals surface area contributed by atoms with E-state index in [9.17, 15) is 10.0 Å².